The Kier molecular flexibility index (Phi) is 8.06. The molecule has 1 aromatic carbocycles. The summed E-state index contributed by atoms with van der Waals surface area (Å²) in [6.45, 7) is 0. The number of carboxylic acid groups (broad SMARTS) is 1. The van der Waals surface area contributed by atoms with Gasteiger partial charge in [-0.2, -0.15) is 0 Å². The zero-order chi connectivity index (χ0) is 20.6. The topological polar surface area (TPSA) is 85.4 Å². The van der Waals surface area contributed by atoms with Gasteiger partial charge in [0.05, 0.1) is 5.56 Å². The molecule has 2 saturated carbocycles. The Morgan fingerprint density at radius 2 is 1.17 bits per heavy atom. The van der Waals surface area contributed by atoms with E-state index in [-0.39, 0.29) is 5.56 Å². The quantitative estimate of drug-likeness (QED) is 0.429. The SMILES string of the molecule is O=C(O)c1cc(NC(=S)NC2CCCCC2)cc(NC(=S)NC2CCCCC2)c1. The van der Waals surface area contributed by atoms with E-state index in [4.69, 9.17) is 24.4 Å². The largest absolute Gasteiger partial charge is 0.478 e. The van der Waals surface area contributed by atoms with E-state index in [0.717, 1.165) is 25.7 Å². The Labute approximate surface area is 183 Å². The predicted octanol–water partition coefficient (Wildman–Crippen LogP) is 4.62. The van der Waals surface area contributed by atoms with Crippen molar-refractivity contribution in [1.82, 2.24) is 10.6 Å². The van der Waals surface area contributed by atoms with Crippen LogP contribution in [0.15, 0.2) is 18.2 Å². The van der Waals surface area contributed by atoms with Crippen LogP contribution < -0.4 is 21.3 Å². The van der Waals surface area contributed by atoms with Crippen LogP contribution in [0, 0.1) is 0 Å². The third-order valence-electron chi connectivity index (χ3n) is 5.58. The van der Waals surface area contributed by atoms with Gasteiger partial charge in [0, 0.05) is 23.5 Å². The van der Waals surface area contributed by atoms with Crippen molar-refractivity contribution in [2.45, 2.75) is 76.3 Å². The second-order valence-corrected chi connectivity index (χ2v) is 8.79. The lowest BCUT2D eigenvalue weighted by molar-refractivity contribution is 0.0697. The Morgan fingerprint density at radius 3 is 1.55 bits per heavy atom. The first-order chi connectivity index (χ1) is 14.0. The van der Waals surface area contributed by atoms with E-state index in [0.29, 0.717) is 33.7 Å². The van der Waals surface area contributed by atoms with Gasteiger partial charge in [0.2, 0.25) is 0 Å². The maximum absolute atomic E-state index is 11.6. The number of rotatable bonds is 5. The first-order valence-corrected chi connectivity index (χ1v) is 11.3. The first-order valence-electron chi connectivity index (χ1n) is 10.5. The minimum Gasteiger partial charge on any atom is -0.478 e. The highest BCUT2D eigenvalue weighted by molar-refractivity contribution is 7.80. The first kappa shape index (κ1) is 21.8. The molecule has 29 heavy (non-hydrogen) atoms. The summed E-state index contributed by atoms with van der Waals surface area (Å²) in [7, 11) is 0. The van der Waals surface area contributed by atoms with E-state index in [1.165, 1.54) is 38.5 Å². The van der Waals surface area contributed by atoms with Crippen LogP contribution in [0.2, 0.25) is 0 Å². The second kappa shape index (κ2) is 10.7. The number of thiocarbonyl (C=S) groups is 2. The van der Waals surface area contributed by atoms with E-state index in [1.54, 1.807) is 12.1 Å². The van der Waals surface area contributed by atoms with Crippen LogP contribution in [0.4, 0.5) is 11.4 Å². The number of carbonyl (C=O) groups is 1. The molecule has 2 aliphatic rings. The molecule has 2 aliphatic carbocycles. The van der Waals surface area contributed by atoms with E-state index >= 15 is 0 Å². The fourth-order valence-electron chi connectivity index (χ4n) is 4.09. The van der Waals surface area contributed by atoms with E-state index in [9.17, 15) is 9.90 Å². The van der Waals surface area contributed by atoms with Gasteiger partial charge in [-0.15, -0.1) is 0 Å². The molecule has 0 radical (unpaired) electrons. The van der Waals surface area contributed by atoms with Crippen molar-refractivity contribution in [1.29, 1.82) is 0 Å². The molecule has 0 amide bonds. The molecule has 0 spiro atoms. The molecule has 3 rings (SSSR count). The number of benzene rings is 1. The molecule has 0 saturated heterocycles. The van der Waals surface area contributed by atoms with E-state index < -0.39 is 5.97 Å². The second-order valence-electron chi connectivity index (χ2n) is 7.97. The molecule has 0 heterocycles. The number of aromatic carboxylic acids is 1. The Hall–Kier alpha value is -1.93. The smallest absolute Gasteiger partial charge is 0.335 e. The Bertz CT molecular complexity index is 692. The Morgan fingerprint density at radius 1 is 0.759 bits per heavy atom. The van der Waals surface area contributed by atoms with Crippen molar-refractivity contribution in [2.75, 3.05) is 10.6 Å². The maximum atomic E-state index is 11.6. The van der Waals surface area contributed by atoms with Crippen LogP contribution in [0.25, 0.3) is 0 Å². The van der Waals surface area contributed by atoms with Crippen molar-refractivity contribution in [3.05, 3.63) is 23.8 Å². The monoisotopic (exact) mass is 434 g/mol. The molecule has 0 atom stereocenters. The summed E-state index contributed by atoms with van der Waals surface area (Å²) in [5.41, 5.74) is 1.43. The number of hydrogen-bond acceptors (Lipinski definition) is 3. The van der Waals surface area contributed by atoms with Gasteiger partial charge >= 0.3 is 5.97 Å². The highest BCUT2D eigenvalue weighted by Crippen LogP contribution is 2.22. The molecule has 8 heteroatoms. The number of carboxylic acids is 1. The van der Waals surface area contributed by atoms with Gasteiger partial charge in [-0.1, -0.05) is 38.5 Å². The van der Waals surface area contributed by atoms with Crippen LogP contribution in [-0.2, 0) is 0 Å². The number of hydrogen-bond donors (Lipinski definition) is 5. The molecule has 5 N–H and O–H groups in total. The normalized spacial score (nSPS) is 17.9. The summed E-state index contributed by atoms with van der Waals surface area (Å²) in [5.74, 6) is -0.992. The average Bonchev–Trinajstić information content (AvgIpc) is 2.69. The Balaban J connectivity index is 1.62. The summed E-state index contributed by atoms with van der Waals surface area (Å²) in [4.78, 5) is 11.6. The molecule has 2 fully saturated rings. The van der Waals surface area contributed by atoms with Gasteiger partial charge in [-0.25, -0.2) is 4.79 Å². The molecule has 0 aliphatic heterocycles. The molecule has 0 aromatic heterocycles. The fraction of sp³-hybridized carbons (Fsp3) is 0.571. The highest BCUT2D eigenvalue weighted by Gasteiger charge is 2.16. The van der Waals surface area contributed by atoms with Crippen molar-refractivity contribution in [3.63, 3.8) is 0 Å². The lowest BCUT2D eigenvalue weighted by Gasteiger charge is -2.25. The van der Waals surface area contributed by atoms with Crippen LogP contribution in [0.5, 0.6) is 0 Å². The molecular weight excluding hydrogens is 404 g/mol. The maximum Gasteiger partial charge on any atom is 0.335 e. The third-order valence-corrected chi connectivity index (χ3v) is 6.02. The molecule has 0 bridgehead atoms. The standard InChI is InChI=1S/C21H30N4O2S2/c26-19(27)14-11-17(24-20(28)22-15-7-3-1-4-8-15)13-18(12-14)25-21(29)23-16-9-5-2-6-10-16/h11-13,15-16H,1-10H2,(H,26,27)(H2,22,24,28)(H2,23,25,29). The summed E-state index contributed by atoms with van der Waals surface area (Å²) in [6.07, 6.45) is 11.9. The van der Waals surface area contributed by atoms with Crippen molar-refractivity contribution < 1.29 is 9.90 Å². The lowest BCUT2D eigenvalue weighted by Crippen LogP contribution is -2.39. The summed E-state index contributed by atoms with van der Waals surface area (Å²) < 4.78 is 0. The van der Waals surface area contributed by atoms with Crippen molar-refractivity contribution in [2.24, 2.45) is 0 Å². The summed E-state index contributed by atoms with van der Waals surface area (Å²) >= 11 is 10.9. The molecule has 6 nitrogen and oxygen atoms in total. The van der Waals surface area contributed by atoms with Gasteiger partial charge < -0.3 is 26.4 Å². The van der Waals surface area contributed by atoms with Crippen molar-refractivity contribution >= 4 is 52.0 Å². The minimum absolute atomic E-state index is 0.179. The molecule has 158 valence electrons. The van der Waals surface area contributed by atoms with Crippen molar-refractivity contribution in [3.8, 4) is 0 Å². The van der Waals surface area contributed by atoms with E-state index in [2.05, 4.69) is 21.3 Å². The third kappa shape index (κ3) is 7.12. The van der Waals surface area contributed by atoms with Gasteiger partial charge in [0.15, 0.2) is 10.2 Å². The summed E-state index contributed by atoms with van der Waals surface area (Å²) in [6, 6.07) is 5.77. The number of anilines is 2. The van der Waals surface area contributed by atoms with E-state index in [1.807, 2.05) is 6.07 Å². The van der Waals surface area contributed by atoms with Crippen LogP contribution in [0.1, 0.15) is 74.6 Å². The molecule has 0 unspecified atom stereocenters. The fourth-order valence-corrected chi connectivity index (χ4v) is 4.66. The summed E-state index contributed by atoms with van der Waals surface area (Å²) in [5, 5.41) is 23.5. The predicted molar refractivity (Wildman–Crippen MR) is 126 cm³/mol. The average molecular weight is 435 g/mol. The minimum atomic E-state index is -0.992. The molecular formula is C21H30N4O2S2. The van der Waals surface area contributed by atoms with Gasteiger partial charge in [-0.05, 0) is 68.3 Å². The van der Waals surface area contributed by atoms with Gasteiger partial charge in [-0.3, -0.25) is 0 Å². The van der Waals surface area contributed by atoms with Gasteiger partial charge in [0.25, 0.3) is 0 Å². The highest BCUT2D eigenvalue weighted by atomic mass is 32.1. The lowest BCUT2D eigenvalue weighted by atomic mass is 9.96. The van der Waals surface area contributed by atoms with Crippen LogP contribution in [-0.4, -0.2) is 33.4 Å². The van der Waals surface area contributed by atoms with Gasteiger partial charge in [0.1, 0.15) is 0 Å². The molecule has 1 aromatic rings. The zero-order valence-corrected chi connectivity index (χ0v) is 18.3. The number of nitrogens with one attached hydrogen (secondary N) is 4. The zero-order valence-electron chi connectivity index (χ0n) is 16.6. The van der Waals surface area contributed by atoms with Crippen LogP contribution >= 0.6 is 24.4 Å². The van der Waals surface area contributed by atoms with Crippen LogP contribution in [0.3, 0.4) is 0 Å².